The van der Waals surface area contributed by atoms with Gasteiger partial charge in [0.2, 0.25) is 5.82 Å². The summed E-state index contributed by atoms with van der Waals surface area (Å²) in [6, 6.07) is 12.9. The van der Waals surface area contributed by atoms with E-state index in [9.17, 15) is 4.79 Å². The maximum absolute atomic E-state index is 12.9. The minimum absolute atomic E-state index is 0.0376. The molecule has 2 heterocycles. The van der Waals surface area contributed by atoms with E-state index in [0.29, 0.717) is 32.9 Å². The summed E-state index contributed by atoms with van der Waals surface area (Å²) < 4.78 is 6.77. The highest BCUT2D eigenvalue weighted by molar-refractivity contribution is 9.10. The normalized spacial score (nSPS) is 17.7. The van der Waals surface area contributed by atoms with Crippen LogP contribution in [0.15, 0.2) is 46.9 Å². The third-order valence-corrected chi connectivity index (χ3v) is 6.03. The summed E-state index contributed by atoms with van der Waals surface area (Å²) in [6.45, 7) is 8.68. The number of piperidine rings is 1. The highest BCUT2D eigenvalue weighted by Gasteiger charge is 2.38. The first-order valence-corrected chi connectivity index (χ1v) is 11.3. The summed E-state index contributed by atoms with van der Waals surface area (Å²) in [7, 11) is 0. The van der Waals surface area contributed by atoms with Crippen molar-refractivity contribution in [3.63, 3.8) is 0 Å². The van der Waals surface area contributed by atoms with E-state index in [1.54, 1.807) is 18.2 Å². The fraction of sp³-hybridized carbons (Fsp3) is 0.391. The van der Waals surface area contributed by atoms with Gasteiger partial charge >= 0.3 is 0 Å². The zero-order valence-electron chi connectivity index (χ0n) is 18.6. The molecule has 3 aromatic rings. The number of carbonyl (C=O) groups excluding carboxylic acids is 1. The molecule has 32 heavy (non-hydrogen) atoms. The largest absolute Gasteiger partial charge is 0.455 e. The smallest absolute Gasteiger partial charge is 0.251 e. The Hall–Kier alpha value is -2.78. The monoisotopic (exact) mass is 498 g/mol. The average molecular weight is 499 g/mol. The summed E-state index contributed by atoms with van der Waals surface area (Å²) in [4.78, 5) is 12.9. The topological polar surface area (TPSA) is 105 Å². The summed E-state index contributed by atoms with van der Waals surface area (Å²) in [5, 5.41) is 21.0. The third kappa shape index (κ3) is 5.16. The fourth-order valence-corrected chi connectivity index (χ4v) is 5.01. The summed E-state index contributed by atoms with van der Waals surface area (Å²) >= 11 is 3.54. The minimum atomic E-state index is -0.0945. The van der Waals surface area contributed by atoms with Gasteiger partial charge in [-0.1, -0.05) is 12.1 Å². The second-order valence-corrected chi connectivity index (χ2v) is 10.3. The predicted octanol–water partition coefficient (Wildman–Crippen LogP) is 4.46. The van der Waals surface area contributed by atoms with E-state index in [1.165, 1.54) is 0 Å². The molecule has 9 heteroatoms. The number of carbonyl (C=O) groups is 1. The molecular formula is C23H27BrN6O2. The predicted molar refractivity (Wildman–Crippen MR) is 126 cm³/mol. The Morgan fingerprint density at radius 1 is 1.09 bits per heavy atom. The van der Waals surface area contributed by atoms with Gasteiger partial charge in [-0.3, -0.25) is 4.79 Å². The molecule has 1 amide bonds. The van der Waals surface area contributed by atoms with Crippen LogP contribution in [0.1, 0.15) is 50.9 Å². The number of aromatic nitrogens is 4. The number of H-pyrrole nitrogens is 1. The number of aromatic amines is 1. The number of para-hydroxylation sites is 1. The molecule has 1 fully saturated rings. The van der Waals surface area contributed by atoms with Crippen LogP contribution >= 0.6 is 15.9 Å². The van der Waals surface area contributed by atoms with Gasteiger partial charge in [0.15, 0.2) is 0 Å². The van der Waals surface area contributed by atoms with Gasteiger partial charge in [-0.2, -0.15) is 5.21 Å². The Labute approximate surface area is 195 Å². The first kappa shape index (κ1) is 22.4. The molecule has 2 aromatic carbocycles. The molecule has 0 spiro atoms. The molecule has 1 aliphatic rings. The molecule has 4 rings (SSSR count). The molecular weight excluding hydrogens is 472 g/mol. The lowest BCUT2D eigenvalue weighted by atomic mass is 9.79. The molecule has 3 N–H and O–H groups in total. The maximum Gasteiger partial charge on any atom is 0.251 e. The Balaban J connectivity index is 1.49. The van der Waals surface area contributed by atoms with E-state index in [4.69, 9.17) is 4.74 Å². The Kier molecular flexibility index (Phi) is 6.05. The first-order chi connectivity index (χ1) is 15.1. The molecule has 0 radical (unpaired) electrons. The van der Waals surface area contributed by atoms with Gasteiger partial charge in [0.25, 0.3) is 5.91 Å². The maximum atomic E-state index is 12.9. The molecule has 1 aromatic heterocycles. The van der Waals surface area contributed by atoms with Crippen molar-refractivity contribution in [3.8, 4) is 22.9 Å². The number of rotatable bonds is 5. The number of nitrogens with one attached hydrogen (secondary N) is 3. The van der Waals surface area contributed by atoms with Crippen LogP contribution in [0.3, 0.4) is 0 Å². The fourth-order valence-electron chi connectivity index (χ4n) is 4.55. The highest BCUT2D eigenvalue weighted by atomic mass is 79.9. The lowest BCUT2D eigenvalue weighted by molar-refractivity contribution is 0.0873. The number of ether oxygens (including phenoxy) is 1. The van der Waals surface area contributed by atoms with E-state index in [2.05, 4.69) is 74.9 Å². The van der Waals surface area contributed by atoms with Gasteiger partial charge in [0.1, 0.15) is 11.5 Å². The van der Waals surface area contributed by atoms with Gasteiger partial charge < -0.3 is 15.4 Å². The molecule has 0 saturated carbocycles. The van der Waals surface area contributed by atoms with Crippen LogP contribution in [-0.4, -0.2) is 43.7 Å². The number of amides is 1. The highest BCUT2D eigenvalue weighted by Crippen LogP contribution is 2.35. The Morgan fingerprint density at radius 2 is 1.81 bits per heavy atom. The SMILES string of the molecule is CC1(C)CC(NC(=O)c2ccc(Oc3ccccc3-c3nn[nH]n3)c(Br)c2)CC(C)(C)N1. The van der Waals surface area contributed by atoms with Crippen molar-refractivity contribution in [2.24, 2.45) is 0 Å². The zero-order valence-corrected chi connectivity index (χ0v) is 20.2. The molecule has 0 bridgehead atoms. The van der Waals surface area contributed by atoms with Crippen molar-refractivity contribution in [3.05, 3.63) is 52.5 Å². The summed E-state index contributed by atoms with van der Waals surface area (Å²) in [6.07, 6.45) is 1.74. The number of halogens is 1. The van der Waals surface area contributed by atoms with Crippen LogP contribution in [0.2, 0.25) is 0 Å². The minimum Gasteiger partial charge on any atom is -0.455 e. The van der Waals surface area contributed by atoms with Crippen molar-refractivity contribution in [1.82, 2.24) is 31.3 Å². The number of tetrazole rings is 1. The third-order valence-electron chi connectivity index (χ3n) is 5.41. The second-order valence-electron chi connectivity index (χ2n) is 9.45. The van der Waals surface area contributed by atoms with Crippen LogP contribution in [0.4, 0.5) is 0 Å². The quantitative estimate of drug-likeness (QED) is 0.479. The van der Waals surface area contributed by atoms with Gasteiger partial charge in [0, 0.05) is 22.7 Å². The van der Waals surface area contributed by atoms with Crippen molar-refractivity contribution >= 4 is 21.8 Å². The van der Waals surface area contributed by atoms with E-state index >= 15 is 0 Å². The van der Waals surface area contributed by atoms with Crippen molar-refractivity contribution in [1.29, 1.82) is 0 Å². The van der Waals surface area contributed by atoms with Crippen molar-refractivity contribution < 1.29 is 9.53 Å². The van der Waals surface area contributed by atoms with Gasteiger partial charge in [-0.15, -0.1) is 10.2 Å². The van der Waals surface area contributed by atoms with Crippen LogP contribution in [0.5, 0.6) is 11.5 Å². The van der Waals surface area contributed by atoms with Crippen molar-refractivity contribution in [2.45, 2.75) is 57.7 Å². The van der Waals surface area contributed by atoms with Crippen LogP contribution in [-0.2, 0) is 0 Å². The van der Waals surface area contributed by atoms with Gasteiger partial charge in [0.05, 0.1) is 10.0 Å². The van der Waals surface area contributed by atoms with Crippen LogP contribution in [0.25, 0.3) is 11.4 Å². The summed E-state index contributed by atoms with van der Waals surface area (Å²) in [5.41, 5.74) is 1.21. The van der Waals surface area contributed by atoms with Gasteiger partial charge in [-0.05, 0) is 92.0 Å². The molecule has 1 saturated heterocycles. The molecule has 0 unspecified atom stereocenters. The standard InChI is InChI=1S/C23H27BrN6O2/c1-22(2)12-15(13-23(3,4)28-22)25-21(31)14-9-10-19(17(24)11-14)32-18-8-6-5-7-16(18)20-26-29-30-27-20/h5-11,15,28H,12-13H2,1-4H3,(H,25,31)(H,26,27,29,30). The Morgan fingerprint density at radius 3 is 2.47 bits per heavy atom. The number of hydrogen-bond acceptors (Lipinski definition) is 6. The molecule has 8 nitrogen and oxygen atoms in total. The van der Waals surface area contributed by atoms with Crippen molar-refractivity contribution in [2.75, 3.05) is 0 Å². The zero-order chi connectivity index (χ0) is 22.9. The number of benzene rings is 2. The average Bonchev–Trinajstić information content (AvgIpc) is 3.22. The van der Waals surface area contributed by atoms with Crippen LogP contribution in [0, 0.1) is 0 Å². The van der Waals surface area contributed by atoms with Crippen LogP contribution < -0.4 is 15.4 Å². The second kappa shape index (κ2) is 8.63. The van der Waals surface area contributed by atoms with E-state index in [0.717, 1.165) is 12.8 Å². The van der Waals surface area contributed by atoms with Gasteiger partial charge in [-0.25, -0.2) is 0 Å². The number of nitrogens with zero attached hydrogens (tertiary/aromatic N) is 3. The van der Waals surface area contributed by atoms with E-state index in [1.807, 2.05) is 24.3 Å². The lowest BCUT2D eigenvalue weighted by Crippen LogP contribution is -2.62. The molecule has 0 aliphatic carbocycles. The first-order valence-electron chi connectivity index (χ1n) is 10.5. The summed E-state index contributed by atoms with van der Waals surface area (Å²) in [5.74, 6) is 1.52. The van der Waals surface area contributed by atoms with E-state index in [-0.39, 0.29) is 23.0 Å². The lowest BCUT2D eigenvalue weighted by Gasteiger charge is -2.46. The molecule has 168 valence electrons. The number of hydrogen-bond donors (Lipinski definition) is 3. The van der Waals surface area contributed by atoms with E-state index < -0.39 is 0 Å². The molecule has 1 aliphatic heterocycles. The Bertz CT molecular complexity index is 1100. The molecule has 0 atom stereocenters.